The lowest BCUT2D eigenvalue weighted by Crippen LogP contribution is -2.34. The van der Waals surface area contributed by atoms with E-state index in [1.54, 1.807) is 0 Å². The van der Waals surface area contributed by atoms with Crippen molar-refractivity contribution in [2.75, 3.05) is 37.8 Å². The summed E-state index contributed by atoms with van der Waals surface area (Å²) >= 11 is 0. The largest absolute Gasteiger partial charge is 0.326 e. The first-order valence-corrected chi connectivity index (χ1v) is 11.0. The maximum absolute atomic E-state index is 11.9. The zero-order chi connectivity index (χ0) is 19.2. The normalized spacial score (nSPS) is 16.8. The van der Waals surface area contributed by atoms with Gasteiger partial charge in [0.1, 0.15) is 0 Å². The number of nitrogens with one attached hydrogen (secondary N) is 1. The van der Waals surface area contributed by atoms with Crippen LogP contribution >= 0.6 is 0 Å². The van der Waals surface area contributed by atoms with E-state index < -0.39 is 10.1 Å². The number of hydrogen-bond donors (Lipinski definition) is 1. The number of likely N-dealkylation sites (tertiary alicyclic amines) is 1. The lowest BCUT2D eigenvalue weighted by Gasteiger charge is -2.32. The standard InChI is InChI=1S/C19H30N2O4S/c1-15(2)19(22)20-18-7-4-6-17(14-18)16-8-11-21(12-9-16)10-5-13-25-26(3,23)24/h4,6-7,14-16H,5,8-13H2,1-3H3,(H,20,22). The molecule has 0 aromatic heterocycles. The van der Waals surface area contributed by atoms with Crippen LogP contribution in [0.3, 0.4) is 0 Å². The van der Waals surface area contributed by atoms with Gasteiger partial charge in [0, 0.05) is 18.2 Å². The summed E-state index contributed by atoms with van der Waals surface area (Å²) in [4.78, 5) is 14.2. The zero-order valence-electron chi connectivity index (χ0n) is 15.9. The SMILES string of the molecule is CC(C)C(=O)Nc1cccc(C2CCN(CCCOS(C)(=O)=O)CC2)c1. The van der Waals surface area contributed by atoms with Gasteiger partial charge in [0.2, 0.25) is 5.91 Å². The van der Waals surface area contributed by atoms with Gasteiger partial charge >= 0.3 is 0 Å². The number of anilines is 1. The summed E-state index contributed by atoms with van der Waals surface area (Å²) in [7, 11) is -3.34. The van der Waals surface area contributed by atoms with Crippen LogP contribution in [-0.2, 0) is 19.1 Å². The van der Waals surface area contributed by atoms with E-state index in [1.807, 2.05) is 26.0 Å². The molecule has 1 heterocycles. The van der Waals surface area contributed by atoms with E-state index in [-0.39, 0.29) is 18.4 Å². The van der Waals surface area contributed by atoms with Crippen LogP contribution in [0.15, 0.2) is 24.3 Å². The monoisotopic (exact) mass is 382 g/mol. The highest BCUT2D eigenvalue weighted by atomic mass is 32.2. The number of amides is 1. The van der Waals surface area contributed by atoms with Crippen molar-refractivity contribution in [3.8, 4) is 0 Å². The molecule has 1 aliphatic rings. The Hall–Kier alpha value is -1.44. The molecule has 1 aromatic carbocycles. The average Bonchev–Trinajstić information content (AvgIpc) is 2.58. The predicted octanol–water partition coefficient (Wildman–Crippen LogP) is 2.83. The minimum atomic E-state index is -3.34. The summed E-state index contributed by atoms with van der Waals surface area (Å²) in [5.41, 5.74) is 2.13. The van der Waals surface area contributed by atoms with Gasteiger partial charge in [-0.25, -0.2) is 0 Å². The minimum Gasteiger partial charge on any atom is -0.326 e. The van der Waals surface area contributed by atoms with Crippen LogP contribution < -0.4 is 5.32 Å². The van der Waals surface area contributed by atoms with Crippen LogP contribution in [0.5, 0.6) is 0 Å². The molecule has 0 atom stereocenters. The second-order valence-electron chi connectivity index (χ2n) is 7.26. The number of piperidine rings is 1. The molecule has 0 radical (unpaired) electrons. The molecule has 7 heteroatoms. The molecule has 0 saturated carbocycles. The topological polar surface area (TPSA) is 75.7 Å². The Kier molecular flexibility index (Phi) is 7.61. The van der Waals surface area contributed by atoms with Crippen LogP contribution in [-0.4, -0.2) is 51.7 Å². The van der Waals surface area contributed by atoms with E-state index >= 15 is 0 Å². The maximum Gasteiger partial charge on any atom is 0.264 e. The Balaban J connectivity index is 1.79. The van der Waals surface area contributed by atoms with Crippen molar-refractivity contribution >= 4 is 21.7 Å². The van der Waals surface area contributed by atoms with Gasteiger partial charge in [-0.1, -0.05) is 26.0 Å². The molecule has 2 rings (SSSR count). The molecule has 146 valence electrons. The third-order valence-electron chi connectivity index (χ3n) is 4.65. The first-order chi connectivity index (χ1) is 12.2. The Labute approximate surface area is 157 Å². The Morgan fingerprint density at radius 1 is 1.31 bits per heavy atom. The van der Waals surface area contributed by atoms with Gasteiger partial charge in [0.15, 0.2) is 0 Å². The molecule has 1 aliphatic heterocycles. The molecule has 1 N–H and O–H groups in total. The summed E-state index contributed by atoms with van der Waals surface area (Å²) in [5, 5.41) is 2.96. The highest BCUT2D eigenvalue weighted by Crippen LogP contribution is 2.29. The maximum atomic E-state index is 11.9. The number of nitrogens with zero attached hydrogens (tertiary/aromatic N) is 1. The molecule has 26 heavy (non-hydrogen) atoms. The predicted molar refractivity (Wildman–Crippen MR) is 104 cm³/mol. The van der Waals surface area contributed by atoms with Crippen molar-refractivity contribution in [1.29, 1.82) is 0 Å². The molecule has 1 saturated heterocycles. The number of hydrogen-bond acceptors (Lipinski definition) is 5. The molecule has 0 spiro atoms. The van der Waals surface area contributed by atoms with E-state index in [0.717, 1.165) is 44.4 Å². The van der Waals surface area contributed by atoms with E-state index in [1.165, 1.54) is 5.56 Å². The van der Waals surface area contributed by atoms with Gasteiger partial charge in [-0.3, -0.25) is 8.98 Å². The molecule has 1 amide bonds. The molecular formula is C19H30N2O4S. The Bertz CT molecular complexity index is 695. The van der Waals surface area contributed by atoms with Crippen molar-refractivity contribution < 1.29 is 17.4 Å². The van der Waals surface area contributed by atoms with Crippen LogP contribution in [0.2, 0.25) is 0 Å². The molecule has 1 fully saturated rings. The third-order valence-corrected chi connectivity index (χ3v) is 5.25. The Morgan fingerprint density at radius 2 is 2.00 bits per heavy atom. The van der Waals surface area contributed by atoms with Crippen LogP contribution in [0.4, 0.5) is 5.69 Å². The van der Waals surface area contributed by atoms with E-state index in [0.29, 0.717) is 12.3 Å². The van der Waals surface area contributed by atoms with Crippen molar-refractivity contribution in [2.45, 2.75) is 39.0 Å². The highest BCUT2D eigenvalue weighted by molar-refractivity contribution is 7.85. The second-order valence-corrected chi connectivity index (χ2v) is 8.91. The quantitative estimate of drug-likeness (QED) is 0.553. The third kappa shape index (κ3) is 7.05. The lowest BCUT2D eigenvalue weighted by molar-refractivity contribution is -0.118. The zero-order valence-corrected chi connectivity index (χ0v) is 16.7. The fraction of sp³-hybridized carbons (Fsp3) is 0.632. The van der Waals surface area contributed by atoms with Crippen LogP contribution in [0, 0.1) is 5.92 Å². The first-order valence-electron chi connectivity index (χ1n) is 9.22. The molecule has 0 unspecified atom stereocenters. The highest BCUT2D eigenvalue weighted by Gasteiger charge is 2.21. The molecule has 0 bridgehead atoms. The summed E-state index contributed by atoms with van der Waals surface area (Å²) in [6.07, 6.45) is 3.92. The van der Waals surface area contributed by atoms with Gasteiger partial charge in [-0.05, 0) is 56.0 Å². The molecular weight excluding hydrogens is 352 g/mol. The van der Waals surface area contributed by atoms with Crippen molar-refractivity contribution in [2.24, 2.45) is 5.92 Å². The summed E-state index contributed by atoms with van der Waals surface area (Å²) in [5.74, 6) is 0.497. The van der Waals surface area contributed by atoms with Gasteiger partial charge < -0.3 is 10.2 Å². The number of carbonyl (C=O) groups is 1. The Morgan fingerprint density at radius 3 is 2.62 bits per heavy atom. The van der Waals surface area contributed by atoms with Gasteiger partial charge in [-0.2, -0.15) is 8.42 Å². The van der Waals surface area contributed by atoms with Gasteiger partial charge in [-0.15, -0.1) is 0 Å². The van der Waals surface area contributed by atoms with Crippen LogP contribution in [0.1, 0.15) is 44.6 Å². The van der Waals surface area contributed by atoms with Crippen molar-refractivity contribution in [3.05, 3.63) is 29.8 Å². The smallest absolute Gasteiger partial charge is 0.264 e. The van der Waals surface area contributed by atoms with Crippen molar-refractivity contribution in [3.63, 3.8) is 0 Å². The molecule has 6 nitrogen and oxygen atoms in total. The number of rotatable bonds is 8. The minimum absolute atomic E-state index is 0.0337. The second kappa shape index (κ2) is 9.48. The van der Waals surface area contributed by atoms with Crippen molar-refractivity contribution in [1.82, 2.24) is 4.90 Å². The van der Waals surface area contributed by atoms with Gasteiger partial charge in [0.05, 0.1) is 12.9 Å². The summed E-state index contributed by atoms with van der Waals surface area (Å²) in [6, 6.07) is 8.15. The molecule has 1 aromatic rings. The number of carbonyl (C=O) groups excluding carboxylic acids is 1. The van der Waals surface area contributed by atoms with E-state index in [4.69, 9.17) is 4.18 Å². The number of benzene rings is 1. The summed E-state index contributed by atoms with van der Waals surface area (Å²) in [6.45, 7) is 6.85. The average molecular weight is 383 g/mol. The first kappa shape index (κ1) is 20.9. The summed E-state index contributed by atoms with van der Waals surface area (Å²) < 4.78 is 26.7. The lowest BCUT2D eigenvalue weighted by atomic mass is 9.89. The molecule has 0 aliphatic carbocycles. The fourth-order valence-corrected chi connectivity index (χ4v) is 3.57. The van der Waals surface area contributed by atoms with E-state index in [2.05, 4.69) is 22.3 Å². The fourth-order valence-electron chi connectivity index (χ4n) is 3.15. The van der Waals surface area contributed by atoms with Crippen LogP contribution in [0.25, 0.3) is 0 Å². The van der Waals surface area contributed by atoms with E-state index in [9.17, 15) is 13.2 Å². The van der Waals surface area contributed by atoms with Gasteiger partial charge in [0.25, 0.3) is 10.1 Å².